The number of unbranched alkanes of at least 4 members (excludes halogenated alkanes) is 1. The third-order valence-corrected chi connectivity index (χ3v) is 3.65. The van der Waals surface area contributed by atoms with Crippen molar-refractivity contribution < 1.29 is 13.2 Å². The number of thiazole rings is 1. The largest absolute Gasteiger partial charge is 0.443 e. The van der Waals surface area contributed by atoms with E-state index in [9.17, 15) is 13.2 Å². The Hall–Kier alpha value is -0.620. The van der Waals surface area contributed by atoms with Gasteiger partial charge in [-0.25, -0.2) is 4.98 Å². The van der Waals surface area contributed by atoms with E-state index in [1.54, 1.807) is 0 Å². The second kappa shape index (κ2) is 6.52. The molecule has 6 heteroatoms. The third-order valence-electron chi connectivity index (χ3n) is 2.49. The van der Waals surface area contributed by atoms with E-state index in [0.717, 1.165) is 30.6 Å². The maximum atomic E-state index is 12.5. The van der Waals surface area contributed by atoms with Crippen LogP contribution in [-0.2, 0) is 6.18 Å². The summed E-state index contributed by atoms with van der Waals surface area (Å²) in [6.45, 7) is 6.05. The lowest BCUT2D eigenvalue weighted by Crippen LogP contribution is -2.27. The number of hydrogen-bond donors (Lipinski definition) is 1. The minimum absolute atomic E-state index is 0.0291. The Balaban J connectivity index is 2.81. The summed E-state index contributed by atoms with van der Waals surface area (Å²) in [6, 6.07) is 0.210. The standard InChI is InChI=1S/C12H19F3N2S/c1-4-5-6-9(17-8(2)3)10-7-16-11(18-10)12(13,14)15/h7-9,17H,4-6H2,1-3H3. The molecule has 0 amide bonds. The van der Waals surface area contributed by atoms with Crippen LogP contribution in [0.25, 0.3) is 0 Å². The summed E-state index contributed by atoms with van der Waals surface area (Å²) >= 11 is 0.742. The van der Waals surface area contributed by atoms with Crippen LogP contribution in [0.15, 0.2) is 6.20 Å². The monoisotopic (exact) mass is 280 g/mol. The molecule has 0 radical (unpaired) electrons. The average Bonchev–Trinajstić information content (AvgIpc) is 2.72. The average molecular weight is 280 g/mol. The molecule has 0 aliphatic heterocycles. The number of nitrogens with zero attached hydrogens (tertiary/aromatic N) is 1. The second-order valence-corrected chi connectivity index (χ2v) is 5.64. The lowest BCUT2D eigenvalue weighted by Gasteiger charge is -2.19. The molecule has 1 unspecified atom stereocenters. The molecular weight excluding hydrogens is 261 g/mol. The topological polar surface area (TPSA) is 24.9 Å². The van der Waals surface area contributed by atoms with E-state index in [4.69, 9.17) is 0 Å². The van der Waals surface area contributed by atoms with Crippen molar-refractivity contribution in [1.29, 1.82) is 0 Å². The van der Waals surface area contributed by atoms with Crippen molar-refractivity contribution in [3.05, 3.63) is 16.1 Å². The molecule has 0 aromatic carbocycles. The van der Waals surface area contributed by atoms with Crippen LogP contribution in [0.5, 0.6) is 0 Å². The van der Waals surface area contributed by atoms with Gasteiger partial charge in [-0.1, -0.05) is 33.6 Å². The first-order chi connectivity index (χ1) is 8.34. The van der Waals surface area contributed by atoms with E-state index in [0.29, 0.717) is 4.88 Å². The molecule has 104 valence electrons. The molecule has 0 saturated carbocycles. The first-order valence-electron chi connectivity index (χ1n) is 6.13. The van der Waals surface area contributed by atoms with Crippen molar-refractivity contribution in [2.45, 2.75) is 58.3 Å². The van der Waals surface area contributed by atoms with Crippen molar-refractivity contribution in [2.24, 2.45) is 0 Å². The normalized spacial score (nSPS) is 14.2. The van der Waals surface area contributed by atoms with Crippen molar-refractivity contribution >= 4 is 11.3 Å². The lowest BCUT2D eigenvalue weighted by atomic mass is 10.1. The van der Waals surface area contributed by atoms with Crippen LogP contribution in [0.4, 0.5) is 13.2 Å². The molecule has 1 rings (SSSR count). The van der Waals surface area contributed by atoms with E-state index >= 15 is 0 Å². The third kappa shape index (κ3) is 4.57. The Labute approximate surface area is 110 Å². The van der Waals surface area contributed by atoms with E-state index in [1.807, 2.05) is 13.8 Å². The van der Waals surface area contributed by atoms with Crippen molar-refractivity contribution in [2.75, 3.05) is 0 Å². The molecule has 0 bridgehead atoms. The van der Waals surface area contributed by atoms with Crippen molar-refractivity contribution in [1.82, 2.24) is 10.3 Å². The molecule has 0 saturated heterocycles. The van der Waals surface area contributed by atoms with E-state index in [-0.39, 0.29) is 12.1 Å². The predicted octanol–water partition coefficient (Wildman–Crippen LogP) is 4.39. The van der Waals surface area contributed by atoms with Crippen LogP contribution in [0, 0.1) is 0 Å². The summed E-state index contributed by atoms with van der Waals surface area (Å²) in [4.78, 5) is 4.15. The predicted molar refractivity (Wildman–Crippen MR) is 67.7 cm³/mol. The maximum absolute atomic E-state index is 12.5. The Morgan fingerprint density at radius 2 is 2.06 bits per heavy atom. The first kappa shape index (κ1) is 15.4. The number of aromatic nitrogens is 1. The van der Waals surface area contributed by atoms with Crippen LogP contribution >= 0.6 is 11.3 Å². The van der Waals surface area contributed by atoms with Gasteiger partial charge in [-0.15, -0.1) is 11.3 Å². The summed E-state index contributed by atoms with van der Waals surface area (Å²) in [5, 5.41) is 2.54. The van der Waals surface area contributed by atoms with Gasteiger partial charge in [0.2, 0.25) is 0 Å². The summed E-state index contributed by atoms with van der Waals surface area (Å²) in [6.07, 6.45) is -0.127. The number of rotatable bonds is 6. The fourth-order valence-corrected chi connectivity index (χ4v) is 2.58. The fourth-order valence-electron chi connectivity index (χ4n) is 1.70. The fraction of sp³-hybridized carbons (Fsp3) is 0.750. The SMILES string of the molecule is CCCCC(NC(C)C)c1cnc(C(F)(F)F)s1. The van der Waals surface area contributed by atoms with Crippen LogP contribution in [0.2, 0.25) is 0 Å². The van der Waals surface area contributed by atoms with Gasteiger partial charge in [0, 0.05) is 23.2 Å². The molecular formula is C12H19F3N2S. The van der Waals surface area contributed by atoms with E-state index in [1.165, 1.54) is 6.20 Å². The van der Waals surface area contributed by atoms with E-state index < -0.39 is 11.2 Å². The molecule has 0 aliphatic carbocycles. The van der Waals surface area contributed by atoms with Crippen LogP contribution in [0.1, 0.15) is 56.0 Å². The molecule has 2 nitrogen and oxygen atoms in total. The molecule has 1 heterocycles. The molecule has 0 fully saturated rings. The summed E-state index contributed by atoms with van der Waals surface area (Å²) in [7, 11) is 0. The highest BCUT2D eigenvalue weighted by molar-refractivity contribution is 7.11. The Kier molecular flexibility index (Phi) is 5.59. The Bertz CT molecular complexity index is 360. The minimum Gasteiger partial charge on any atom is -0.307 e. The van der Waals surface area contributed by atoms with Crippen molar-refractivity contribution in [3.8, 4) is 0 Å². The number of halogens is 3. The number of hydrogen-bond acceptors (Lipinski definition) is 3. The second-order valence-electron chi connectivity index (χ2n) is 4.58. The van der Waals surface area contributed by atoms with Crippen LogP contribution in [-0.4, -0.2) is 11.0 Å². The summed E-state index contributed by atoms with van der Waals surface area (Å²) in [5.74, 6) is 0. The highest BCUT2D eigenvalue weighted by Gasteiger charge is 2.35. The van der Waals surface area contributed by atoms with Gasteiger partial charge in [-0.2, -0.15) is 13.2 Å². The molecule has 1 atom stereocenters. The van der Waals surface area contributed by atoms with Gasteiger partial charge >= 0.3 is 6.18 Å². The summed E-state index contributed by atoms with van der Waals surface area (Å²) < 4.78 is 37.5. The zero-order valence-corrected chi connectivity index (χ0v) is 11.7. The highest BCUT2D eigenvalue weighted by Crippen LogP contribution is 2.35. The van der Waals surface area contributed by atoms with Gasteiger partial charge in [0.1, 0.15) is 0 Å². The van der Waals surface area contributed by atoms with Crippen molar-refractivity contribution in [3.63, 3.8) is 0 Å². The Morgan fingerprint density at radius 3 is 2.50 bits per heavy atom. The van der Waals surface area contributed by atoms with Gasteiger partial charge in [-0.05, 0) is 6.42 Å². The highest BCUT2D eigenvalue weighted by atomic mass is 32.1. The van der Waals surface area contributed by atoms with Gasteiger partial charge in [-0.3, -0.25) is 0 Å². The number of nitrogens with one attached hydrogen (secondary N) is 1. The molecule has 1 N–H and O–H groups in total. The minimum atomic E-state index is -4.34. The van der Waals surface area contributed by atoms with Gasteiger partial charge in [0.15, 0.2) is 5.01 Å². The molecule has 0 aliphatic rings. The van der Waals surface area contributed by atoms with E-state index in [2.05, 4.69) is 17.2 Å². The zero-order chi connectivity index (χ0) is 13.8. The molecule has 18 heavy (non-hydrogen) atoms. The van der Waals surface area contributed by atoms with Gasteiger partial charge < -0.3 is 5.32 Å². The zero-order valence-electron chi connectivity index (χ0n) is 10.8. The quantitative estimate of drug-likeness (QED) is 0.836. The molecule has 0 spiro atoms. The summed E-state index contributed by atoms with van der Waals surface area (Å²) in [5.41, 5.74) is 0. The number of alkyl halides is 3. The maximum Gasteiger partial charge on any atom is 0.443 e. The van der Waals surface area contributed by atoms with Crippen LogP contribution < -0.4 is 5.32 Å². The smallest absolute Gasteiger partial charge is 0.307 e. The van der Waals surface area contributed by atoms with Gasteiger partial charge in [0.05, 0.1) is 0 Å². The van der Waals surface area contributed by atoms with Crippen LogP contribution in [0.3, 0.4) is 0 Å². The molecule has 1 aromatic heterocycles. The Morgan fingerprint density at radius 1 is 1.39 bits per heavy atom. The first-order valence-corrected chi connectivity index (χ1v) is 6.95. The lowest BCUT2D eigenvalue weighted by molar-refractivity contribution is -0.137. The molecule has 1 aromatic rings. The van der Waals surface area contributed by atoms with Gasteiger partial charge in [0.25, 0.3) is 0 Å².